The van der Waals surface area contributed by atoms with Gasteiger partial charge in [-0.25, -0.2) is 4.79 Å². The van der Waals surface area contributed by atoms with E-state index in [0.717, 1.165) is 42.2 Å². The minimum absolute atomic E-state index is 0.0428. The van der Waals surface area contributed by atoms with Gasteiger partial charge in [0.2, 0.25) is 0 Å². The molecule has 0 radical (unpaired) electrons. The maximum absolute atomic E-state index is 12.3. The molecule has 3 rings (SSSR count). The maximum Gasteiger partial charge on any atom is 0.341 e. The summed E-state index contributed by atoms with van der Waals surface area (Å²) in [6.07, 6.45) is 3.78. The van der Waals surface area contributed by atoms with Gasteiger partial charge in [0.25, 0.3) is 11.6 Å². The summed E-state index contributed by atoms with van der Waals surface area (Å²) in [6, 6.07) is 5.89. The van der Waals surface area contributed by atoms with Crippen LogP contribution in [0.5, 0.6) is 0 Å². The minimum Gasteiger partial charge on any atom is -0.452 e. The number of benzene rings is 1. The van der Waals surface area contributed by atoms with Crippen LogP contribution in [0.1, 0.15) is 39.2 Å². The average molecular weight is 414 g/mol. The van der Waals surface area contributed by atoms with E-state index in [1.165, 1.54) is 23.5 Å². The number of hydrogen-bond acceptors (Lipinski definition) is 8. The lowest BCUT2D eigenvalue weighted by Crippen LogP contribution is -2.21. The van der Waals surface area contributed by atoms with E-state index in [1.807, 2.05) is 0 Å². The van der Waals surface area contributed by atoms with Crippen LogP contribution in [0.25, 0.3) is 0 Å². The molecule has 0 saturated heterocycles. The van der Waals surface area contributed by atoms with Crippen molar-refractivity contribution < 1.29 is 19.2 Å². The Morgan fingerprint density at radius 1 is 1.34 bits per heavy atom. The predicted octanol–water partition coefficient (Wildman–Crippen LogP) is 3.24. The lowest BCUT2D eigenvalue weighted by atomic mass is 9.96. The normalized spacial score (nSPS) is 12.4. The number of non-ortho nitro benzene ring substituents is 1. The Balaban J connectivity index is 1.68. The number of thiophene rings is 1. The van der Waals surface area contributed by atoms with Crippen LogP contribution in [0.15, 0.2) is 18.2 Å². The molecule has 1 aromatic carbocycles. The third-order valence-corrected chi connectivity index (χ3v) is 5.78. The monoisotopic (exact) mass is 414 g/mol. The van der Waals surface area contributed by atoms with Crippen molar-refractivity contribution in [3.63, 3.8) is 0 Å². The molecule has 1 aromatic heterocycles. The Morgan fingerprint density at radius 3 is 2.79 bits per heavy atom. The smallest absolute Gasteiger partial charge is 0.341 e. The highest BCUT2D eigenvalue weighted by molar-refractivity contribution is 7.16. The Hall–Kier alpha value is -3.45. The van der Waals surface area contributed by atoms with E-state index >= 15 is 0 Å². The molecule has 0 spiro atoms. The van der Waals surface area contributed by atoms with Crippen molar-refractivity contribution in [2.45, 2.75) is 25.7 Å². The summed E-state index contributed by atoms with van der Waals surface area (Å²) >= 11 is 1.38. The number of esters is 1. The molecule has 1 aliphatic rings. The summed E-state index contributed by atoms with van der Waals surface area (Å²) in [7, 11) is 1.56. The largest absolute Gasteiger partial charge is 0.452 e. The molecule has 29 heavy (non-hydrogen) atoms. The van der Waals surface area contributed by atoms with E-state index in [0.29, 0.717) is 16.3 Å². The Kier molecular flexibility index (Phi) is 6.09. The van der Waals surface area contributed by atoms with Crippen LogP contribution in [0.2, 0.25) is 0 Å². The number of hydrogen-bond donors (Lipinski definition) is 2. The quantitative estimate of drug-likeness (QED) is 0.421. The van der Waals surface area contributed by atoms with Gasteiger partial charge < -0.3 is 15.4 Å². The lowest BCUT2D eigenvalue weighted by molar-refractivity contribution is -0.384. The van der Waals surface area contributed by atoms with Gasteiger partial charge in [-0.1, -0.05) is 0 Å². The van der Waals surface area contributed by atoms with Gasteiger partial charge in [0, 0.05) is 29.7 Å². The topological polar surface area (TPSA) is 134 Å². The second-order valence-corrected chi connectivity index (χ2v) is 7.49. The van der Waals surface area contributed by atoms with E-state index in [9.17, 15) is 25.0 Å². The summed E-state index contributed by atoms with van der Waals surface area (Å²) in [6.45, 7) is -0.571. The zero-order chi connectivity index (χ0) is 21.0. The van der Waals surface area contributed by atoms with Crippen molar-refractivity contribution in [2.75, 3.05) is 24.3 Å². The molecule has 0 aliphatic heterocycles. The molecular formula is C19H18N4O5S. The molecule has 1 aliphatic carbocycles. The van der Waals surface area contributed by atoms with Gasteiger partial charge >= 0.3 is 5.97 Å². The molecule has 150 valence electrons. The fourth-order valence-electron chi connectivity index (χ4n) is 3.18. The van der Waals surface area contributed by atoms with E-state index < -0.39 is 23.4 Å². The van der Waals surface area contributed by atoms with Crippen molar-refractivity contribution in [1.82, 2.24) is 0 Å². The third kappa shape index (κ3) is 4.35. The van der Waals surface area contributed by atoms with Crippen LogP contribution in [0, 0.1) is 21.4 Å². The first kappa shape index (κ1) is 20.3. The van der Waals surface area contributed by atoms with Gasteiger partial charge in [0.15, 0.2) is 6.61 Å². The highest BCUT2D eigenvalue weighted by Gasteiger charge is 2.23. The van der Waals surface area contributed by atoms with Crippen LogP contribution in [0.3, 0.4) is 0 Å². The van der Waals surface area contributed by atoms with Crippen LogP contribution in [-0.4, -0.2) is 30.5 Å². The first-order valence-corrected chi connectivity index (χ1v) is 9.74. The standard InChI is InChI=1S/C19H18N4O5S/c1-21-15-7-6-11(23(26)27)8-13(15)19(25)28-10-17(24)22-18-14(9-20)12-4-2-3-5-16(12)29-18/h6-8,21H,2-5,10H2,1H3,(H,22,24). The average Bonchev–Trinajstić information content (AvgIpc) is 3.08. The Morgan fingerprint density at radius 2 is 2.10 bits per heavy atom. The molecule has 0 saturated carbocycles. The van der Waals surface area contributed by atoms with Crippen LogP contribution in [0.4, 0.5) is 16.4 Å². The zero-order valence-corrected chi connectivity index (χ0v) is 16.4. The summed E-state index contributed by atoms with van der Waals surface area (Å²) in [5.74, 6) is -1.44. The number of nitrogens with zero attached hydrogens (tertiary/aromatic N) is 2. The van der Waals surface area contributed by atoms with Gasteiger partial charge in [0.1, 0.15) is 11.1 Å². The third-order valence-electron chi connectivity index (χ3n) is 4.57. The number of carbonyl (C=O) groups is 2. The molecule has 0 fully saturated rings. The molecule has 2 N–H and O–H groups in total. The summed E-state index contributed by atoms with van der Waals surface area (Å²) < 4.78 is 5.02. The van der Waals surface area contributed by atoms with Gasteiger partial charge in [-0.05, 0) is 37.3 Å². The molecule has 10 heteroatoms. The molecule has 1 amide bonds. The van der Waals surface area contributed by atoms with Crippen molar-refractivity contribution in [3.8, 4) is 6.07 Å². The summed E-state index contributed by atoms with van der Waals surface area (Å²) in [5.41, 5.74) is 1.51. The van der Waals surface area contributed by atoms with Crippen LogP contribution >= 0.6 is 11.3 Å². The van der Waals surface area contributed by atoms with E-state index in [4.69, 9.17) is 4.74 Å². The summed E-state index contributed by atoms with van der Waals surface area (Å²) in [5, 5.41) is 26.2. The number of carbonyl (C=O) groups excluding carboxylic acids is 2. The Labute approximate surface area is 170 Å². The number of anilines is 2. The predicted molar refractivity (Wildman–Crippen MR) is 107 cm³/mol. The maximum atomic E-state index is 12.3. The number of nitriles is 1. The lowest BCUT2D eigenvalue weighted by Gasteiger charge is -2.10. The molecule has 0 atom stereocenters. The van der Waals surface area contributed by atoms with E-state index in [-0.39, 0.29) is 11.3 Å². The van der Waals surface area contributed by atoms with Crippen molar-refractivity contribution in [1.29, 1.82) is 5.26 Å². The number of amides is 1. The van der Waals surface area contributed by atoms with Gasteiger partial charge in [-0.15, -0.1) is 11.3 Å². The van der Waals surface area contributed by atoms with Crippen LogP contribution in [-0.2, 0) is 22.4 Å². The number of fused-ring (bicyclic) bond motifs is 1. The number of nitrogens with one attached hydrogen (secondary N) is 2. The molecule has 1 heterocycles. The Bertz CT molecular complexity index is 1020. The van der Waals surface area contributed by atoms with Crippen molar-refractivity contribution in [2.24, 2.45) is 0 Å². The highest BCUT2D eigenvalue weighted by Crippen LogP contribution is 2.37. The first-order chi connectivity index (χ1) is 13.9. The molecular weight excluding hydrogens is 396 g/mol. The molecule has 0 bridgehead atoms. The highest BCUT2D eigenvalue weighted by atomic mass is 32.1. The van der Waals surface area contributed by atoms with Gasteiger partial charge in [0.05, 0.1) is 16.1 Å². The van der Waals surface area contributed by atoms with E-state index in [2.05, 4.69) is 16.7 Å². The fraction of sp³-hybridized carbons (Fsp3) is 0.316. The number of nitro benzene ring substituents is 1. The van der Waals surface area contributed by atoms with Crippen molar-refractivity contribution >= 4 is 39.6 Å². The molecule has 0 unspecified atom stereocenters. The SMILES string of the molecule is CNc1ccc([N+](=O)[O-])cc1C(=O)OCC(=O)Nc1sc2c(c1C#N)CCCC2. The van der Waals surface area contributed by atoms with Crippen LogP contribution < -0.4 is 10.6 Å². The van der Waals surface area contributed by atoms with Gasteiger partial charge in [-0.2, -0.15) is 5.26 Å². The number of rotatable bonds is 6. The fourth-order valence-corrected chi connectivity index (χ4v) is 4.43. The van der Waals surface area contributed by atoms with Crippen molar-refractivity contribution in [3.05, 3.63) is 49.9 Å². The number of ether oxygens (including phenoxy) is 1. The second-order valence-electron chi connectivity index (χ2n) is 6.39. The number of aryl methyl sites for hydroxylation is 1. The first-order valence-electron chi connectivity index (χ1n) is 8.92. The molecule has 9 nitrogen and oxygen atoms in total. The molecule has 2 aromatic rings. The minimum atomic E-state index is -0.862. The second kappa shape index (κ2) is 8.70. The summed E-state index contributed by atoms with van der Waals surface area (Å²) in [4.78, 5) is 36.0. The van der Waals surface area contributed by atoms with E-state index in [1.54, 1.807) is 7.05 Å². The van der Waals surface area contributed by atoms with Gasteiger partial charge in [-0.3, -0.25) is 14.9 Å². The zero-order valence-electron chi connectivity index (χ0n) is 15.6. The number of nitro groups is 1.